The van der Waals surface area contributed by atoms with Gasteiger partial charge in [0.2, 0.25) is 0 Å². The van der Waals surface area contributed by atoms with Crippen molar-refractivity contribution in [2.45, 2.75) is 6.92 Å². The Morgan fingerprint density at radius 2 is 2.23 bits per heavy atom. The number of ether oxygens (including phenoxy) is 1. The molecule has 70 valence electrons. The molecule has 1 rings (SSSR count). The fourth-order valence-corrected chi connectivity index (χ4v) is 1.25. The van der Waals surface area contributed by atoms with Crippen LogP contribution in [-0.4, -0.2) is 12.2 Å². The van der Waals surface area contributed by atoms with E-state index in [4.69, 9.17) is 16.3 Å². The minimum atomic E-state index is 0.213. The normalized spacial score (nSPS) is 11.5. The standard InChI is InChI=1S/C10H11ClO2/c1-3-9(12)7-4-5-10(13-2)8(11)6-7/h3-6,12H,1-2H3. The first kappa shape index (κ1) is 9.93. The molecule has 1 N–H and O–H groups in total. The number of aliphatic hydroxyl groups is 1. The maximum atomic E-state index is 9.38. The van der Waals surface area contributed by atoms with Gasteiger partial charge in [0, 0.05) is 5.56 Å². The van der Waals surface area contributed by atoms with Crippen LogP contribution in [0.1, 0.15) is 12.5 Å². The van der Waals surface area contributed by atoms with E-state index < -0.39 is 0 Å². The zero-order valence-corrected chi connectivity index (χ0v) is 8.30. The van der Waals surface area contributed by atoms with Crippen molar-refractivity contribution in [3.8, 4) is 5.75 Å². The van der Waals surface area contributed by atoms with Crippen LogP contribution in [0.25, 0.3) is 5.76 Å². The van der Waals surface area contributed by atoms with E-state index in [1.807, 2.05) is 0 Å². The van der Waals surface area contributed by atoms with E-state index in [1.54, 1.807) is 38.3 Å². The van der Waals surface area contributed by atoms with Gasteiger partial charge in [-0.25, -0.2) is 0 Å². The second kappa shape index (κ2) is 4.19. The molecular weight excluding hydrogens is 188 g/mol. The first-order valence-electron chi connectivity index (χ1n) is 3.88. The molecule has 0 radical (unpaired) electrons. The average Bonchev–Trinajstić information content (AvgIpc) is 2.16. The molecule has 0 bridgehead atoms. The molecule has 0 spiro atoms. The summed E-state index contributed by atoms with van der Waals surface area (Å²) >= 11 is 5.87. The number of hydrogen-bond acceptors (Lipinski definition) is 2. The summed E-state index contributed by atoms with van der Waals surface area (Å²) in [5, 5.41) is 9.87. The fourth-order valence-electron chi connectivity index (χ4n) is 0.992. The Balaban J connectivity index is 3.10. The van der Waals surface area contributed by atoms with Crippen molar-refractivity contribution < 1.29 is 9.84 Å². The smallest absolute Gasteiger partial charge is 0.137 e. The van der Waals surface area contributed by atoms with Crippen molar-refractivity contribution in [1.82, 2.24) is 0 Å². The number of halogens is 1. The first-order chi connectivity index (χ1) is 6.19. The van der Waals surface area contributed by atoms with E-state index in [0.717, 1.165) is 0 Å². The molecule has 3 heteroatoms. The second-order valence-electron chi connectivity index (χ2n) is 2.52. The fraction of sp³-hybridized carbons (Fsp3) is 0.200. The molecular formula is C10H11ClO2. The monoisotopic (exact) mass is 198 g/mol. The van der Waals surface area contributed by atoms with Gasteiger partial charge in [0.15, 0.2) is 0 Å². The highest BCUT2D eigenvalue weighted by atomic mass is 35.5. The Bertz CT molecular complexity index is 332. The van der Waals surface area contributed by atoms with Crippen LogP contribution in [0.2, 0.25) is 5.02 Å². The van der Waals surface area contributed by atoms with Crippen molar-refractivity contribution in [3.05, 3.63) is 34.9 Å². The van der Waals surface area contributed by atoms with Gasteiger partial charge in [-0.15, -0.1) is 0 Å². The van der Waals surface area contributed by atoms with Gasteiger partial charge < -0.3 is 9.84 Å². The minimum absolute atomic E-state index is 0.213. The lowest BCUT2D eigenvalue weighted by molar-refractivity contribution is 0.415. The number of rotatable bonds is 2. The second-order valence-corrected chi connectivity index (χ2v) is 2.93. The number of allylic oxidation sites excluding steroid dienone is 1. The van der Waals surface area contributed by atoms with E-state index in [0.29, 0.717) is 16.3 Å². The van der Waals surface area contributed by atoms with Crippen molar-refractivity contribution >= 4 is 17.4 Å². The summed E-state index contributed by atoms with van der Waals surface area (Å²) in [6.45, 7) is 1.76. The van der Waals surface area contributed by atoms with Crippen LogP contribution >= 0.6 is 11.6 Å². The lowest BCUT2D eigenvalue weighted by Gasteiger charge is -2.04. The first-order valence-corrected chi connectivity index (χ1v) is 4.26. The van der Waals surface area contributed by atoms with Gasteiger partial charge in [0.05, 0.1) is 12.1 Å². The Hall–Kier alpha value is -1.15. The molecule has 0 saturated carbocycles. The SMILES string of the molecule is CC=C(O)c1ccc(OC)c(Cl)c1. The predicted octanol–water partition coefficient (Wildman–Crippen LogP) is 3.27. The molecule has 0 aliphatic rings. The lowest BCUT2D eigenvalue weighted by Crippen LogP contribution is -1.87. The summed E-state index contributed by atoms with van der Waals surface area (Å²) in [6.07, 6.45) is 1.61. The summed E-state index contributed by atoms with van der Waals surface area (Å²) in [6, 6.07) is 5.13. The van der Waals surface area contributed by atoms with Crippen LogP contribution in [0.5, 0.6) is 5.75 Å². The number of methoxy groups -OCH3 is 1. The summed E-state index contributed by atoms with van der Waals surface area (Å²) in [4.78, 5) is 0. The highest BCUT2D eigenvalue weighted by molar-refractivity contribution is 6.32. The molecule has 13 heavy (non-hydrogen) atoms. The van der Waals surface area contributed by atoms with Crippen LogP contribution in [0, 0.1) is 0 Å². The van der Waals surface area contributed by atoms with Crippen LogP contribution in [0.4, 0.5) is 0 Å². The summed E-state index contributed by atoms with van der Waals surface area (Å²) in [5.41, 5.74) is 0.688. The Morgan fingerprint density at radius 1 is 1.54 bits per heavy atom. The highest BCUT2D eigenvalue weighted by Gasteiger charge is 2.03. The quantitative estimate of drug-likeness (QED) is 0.740. The molecule has 2 nitrogen and oxygen atoms in total. The van der Waals surface area contributed by atoms with E-state index >= 15 is 0 Å². The molecule has 0 aliphatic heterocycles. The third kappa shape index (κ3) is 2.16. The van der Waals surface area contributed by atoms with Crippen LogP contribution in [0.3, 0.4) is 0 Å². The Morgan fingerprint density at radius 3 is 2.69 bits per heavy atom. The van der Waals surface area contributed by atoms with Crippen molar-refractivity contribution in [3.63, 3.8) is 0 Å². The van der Waals surface area contributed by atoms with Gasteiger partial charge >= 0.3 is 0 Å². The Kier molecular flexibility index (Phi) is 3.20. The van der Waals surface area contributed by atoms with Gasteiger partial charge in [0.1, 0.15) is 11.5 Å². The lowest BCUT2D eigenvalue weighted by atomic mass is 10.2. The molecule has 0 aliphatic carbocycles. The third-order valence-electron chi connectivity index (χ3n) is 1.72. The number of aliphatic hydroxyl groups excluding tert-OH is 1. The van der Waals surface area contributed by atoms with Gasteiger partial charge in [-0.2, -0.15) is 0 Å². The zero-order valence-electron chi connectivity index (χ0n) is 7.54. The summed E-state index contributed by atoms with van der Waals surface area (Å²) < 4.78 is 4.98. The van der Waals surface area contributed by atoms with Crippen molar-refractivity contribution in [1.29, 1.82) is 0 Å². The molecule has 0 fully saturated rings. The largest absolute Gasteiger partial charge is 0.508 e. The molecule has 0 amide bonds. The summed E-state index contributed by atoms with van der Waals surface area (Å²) in [7, 11) is 1.55. The minimum Gasteiger partial charge on any atom is -0.508 e. The molecule has 1 aromatic rings. The van der Waals surface area contributed by atoms with Gasteiger partial charge in [-0.3, -0.25) is 0 Å². The molecule has 0 aromatic heterocycles. The molecule has 1 aromatic carbocycles. The van der Waals surface area contributed by atoms with E-state index in [1.165, 1.54) is 0 Å². The molecule has 0 saturated heterocycles. The van der Waals surface area contributed by atoms with Crippen molar-refractivity contribution in [2.75, 3.05) is 7.11 Å². The topological polar surface area (TPSA) is 29.5 Å². The van der Waals surface area contributed by atoms with E-state index in [9.17, 15) is 5.11 Å². The summed E-state index contributed by atoms with van der Waals surface area (Å²) in [5.74, 6) is 0.818. The van der Waals surface area contributed by atoms with Crippen LogP contribution in [0.15, 0.2) is 24.3 Å². The molecule has 0 unspecified atom stereocenters. The number of hydrogen-bond donors (Lipinski definition) is 1. The van der Waals surface area contributed by atoms with Crippen LogP contribution < -0.4 is 4.74 Å². The third-order valence-corrected chi connectivity index (χ3v) is 2.02. The number of benzene rings is 1. The van der Waals surface area contributed by atoms with Gasteiger partial charge in [-0.1, -0.05) is 11.6 Å². The van der Waals surface area contributed by atoms with Crippen LogP contribution in [-0.2, 0) is 0 Å². The van der Waals surface area contributed by atoms with Gasteiger partial charge in [-0.05, 0) is 31.2 Å². The molecule has 0 heterocycles. The van der Waals surface area contributed by atoms with E-state index in [2.05, 4.69) is 0 Å². The highest BCUT2D eigenvalue weighted by Crippen LogP contribution is 2.27. The van der Waals surface area contributed by atoms with Crippen molar-refractivity contribution in [2.24, 2.45) is 0 Å². The maximum Gasteiger partial charge on any atom is 0.137 e. The van der Waals surface area contributed by atoms with E-state index in [-0.39, 0.29) is 5.76 Å². The Labute approximate surface area is 82.4 Å². The predicted molar refractivity (Wildman–Crippen MR) is 54.3 cm³/mol. The maximum absolute atomic E-state index is 9.38. The average molecular weight is 199 g/mol. The zero-order chi connectivity index (χ0) is 9.84. The van der Waals surface area contributed by atoms with Gasteiger partial charge in [0.25, 0.3) is 0 Å². The molecule has 0 atom stereocenters.